The molecule has 3 aromatic carbocycles. The Balaban J connectivity index is 1.60. The second-order valence-corrected chi connectivity index (χ2v) is 8.86. The number of methoxy groups -OCH3 is 1. The molecule has 0 aliphatic carbocycles. The van der Waals surface area contributed by atoms with Gasteiger partial charge < -0.3 is 19.9 Å². The predicted molar refractivity (Wildman–Crippen MR) is 138 cm³/mol. The quantitative estimate of drug-likeness (QED) is 0.361. The summed E-state index contributed by atoms with van der Waals surface area (Å²) in [6, 6.07) is 17.9. The van der Waals surface area contributed by atoms with E-state index in [9.17, 15) is 9.59 Å². The summed E-state index contributed by atoms with van der Waals surface area (Å²) in [5, 5.41) is 6.47. The number of fused-ring (bicyclic) bond motifs is 1. The molecule has 4 rings (SSSR count). The first kappa shape index (κ1) is 24.3. The van der Waals surface area contributed by atoms with Crippen LogP contribution in [0.15, 0.2) is 60.7 Å². The van der Waals surface area contributed by atoms with Crippen molar-refractivity contribution < 1.29 is 14.3 Å². The van der Waals surface area contributed by atoms with E-state index in [4.69, 9.17) is 21.3 Å². The molecule has 0 aliphatic rings. The van der Waals surface area contributed by atoms with E-state index in [1.165, 1.54) is 7.11 Å². The Morgan fingerprint density at radius 2 is 1.80 bits per heavy atom. The van der Waals surface area contributed by atoms with Crippen LogP contribution in [-0.2, 0) is 11.3 Å². The minimum Gasteiger partial charge on any atom is -0.495 e. The van der Waals surface area contributed by atoms with Gasteiger partial charge in [-0.1, -0.05) is 41.4 Å². The van der Waals surface area contributed by atoms with E-state index in [-0.39, 0.29) is 18.4 Å². The normalized spacial score (nSPS) is 11.8. The van der Waals surface area contributed by atoms with Gasteiger partial charge in [0.25, 0.3) is 5.91 Å². The third kappa shape index (κ3) is 5.30. The Labute approximate surface area is 209 Å². The van der Waals surface area contributed by atoms with Crippen LogP contribution < -0.4 is 15.4 Å². The Bertz CT molecular complexity index is 1400. The Hall–Kier alpha value is -3.84. The molecule has 0 fully saturated rings. The summed E-state index contributed by atoms with van der Waals surface area (Å²) in [4.78, 5) is 30.6. The number of hydrogen-bond donors (Lipinski definition) is 2. The van der Waals surface area contributed by atoms with Crippen LogP contribution in [0.4, 0.5) is 5.69 Å². The monoisotopic (exact) mass is 490 g/mol. The predicted octanol–water partition coefficient (Wildman–Crippen LogP) is 5.44. The highest BCUT2D eigenvalue weighted by Crippen LogP contribution is 2.31. The van der Waals surface area contributed by atoms with Crippen LogP contribution in [0.3, 0.4) is 0 Å². The van der Waals surface area contributed by atoms with E-state index < -0.39 is 6.04 Å². The van der Waals surface area contributed by atoms with E-state index in [1.54, 1.807) is 24.3 Å². The summed E-state index contributed by atoms with van der Waals surface area (Å²) in [5.41, 5.74) is 4.54. The zero-order chi connectivity index (χ0) is 25.1. The van der Waals surface area contributed by atoms with Crippen LogP contribution >= 0.6 is 11.6 Å². The number of amides is 2. The fourth-order valence-corrected chi connectivity index (χ4v) is 4.06. The van der Waals surface area contributed by atoms with Crippen LogP contribution in [0.1, 0.15) is 40.3 Å². The molecule has 0 saturated carbocycles. The highest BCUT2D eigenvalue weighted by Gasteiger charge is 2.21. The van der Waals surface area contributed by atoms with Crippen LogP contribution in [-0.4, -0.2) is 28.5 Å². The largest absolute Gasteiger partial charge is 0.495 e. The van der Waals surface area contributed by atoms with Crippen LogP contribution in [0.2, 0.25) is 5.02 Å². The zero-order valence-electron chi connectivity index (χ0n) is 20.1. The molecule has 0 spiro atoms. The van der Waals surface area contributed by atoms with E-state index in [0.29, 0.717) is 27.8 Å². The molecule has 35 heavy (non-hydrogen) atoms. The number of halogens is 1. The molecule has 0 radical (unpaired) electrons. The zero-order valence-corrected chi connectivity index (χ0v) is 20.8. The Morgan fingerprint density at radius 3 is 2.51 bits per heavy atom. The molecular formula is C27H27ClN4O3. The van der Waals surface area contributed by atoms with Crippen molar-refractivity contribution in [2.24, 2.45) is 0 Å². The maximum Gasteiger partial charge on any atom is 0.251 e. The van der Waals surface area contributed by atoms with Crippen LogP contribution in [0.25, 0.3) is 11.0 Å². The molecule has 0 aliphatic heterocycles. The Kier molecular flexibility index (Phi) is 7.07. The smallest absolute Gasteiger partial charge is 0.251 e. The lowest BCUT2D eigenvalue weighted by Crippen LogP contribution is -2.30. The number of rotatable bonds is 7. The van der Waals surface area contributed by atoms with Gasteiger partial charge in [-0.25, -0.2) is 4.98 Å². The average molecular weight is 491 g/mol. The van der Waals surface area contributed by atoms with E-state index in [0.717, 1.165) is 22.2 Å². The first-order valence-corrected chi connectivity index (χ1v) is 11.6. The number of carbonyl (C=O) groups is 2. The first-order valence-electron chi connectivity index (χ1n) is 11.2. The summed E-state index contributed by atoms with van der Waals surface area (Å²) in [5.74, 6) is 0.595. The van der Waals surface area contributed by atoms with Gasteiger partial charge in [0.05, 0.1) is 29.9 Å². The number of ether oxygens (including phenoxy) is 1. The second kappa shape index (κ2) is 10.2. The van der Waals surface area contributed by atoms with Crippen molar-refractivity contribution in [1.82, 2.24) is 14.9 Å². The highest BCUT2D eigenvalue weighted by molar-refractivity contribution is 6.31. The topological polar surface area (TPSA) is 85.2 Å². The fourth-order valence-electron chi connectivity index (χ4n) is 3.90. The molecule has 7 nitrogen and oxygen atoms in total. The molecule has 2 amide bonds. The van der Waals surface area contributed by atoms with Gasteiger partial charge in [0.1, 0.15) is 18.1 Å². The van der Waals surface area contributed by atoms with Gasteiger partial charge in [-0.05, 0) is 56.7 Å². The molecule has 180 valence electrons. The Morgan fingerprint density at radius 1 is 1.09 bits per heavy atom. The van der Waals surface area contributed by atoms with Gasteiger partial charge >= 0.3 is 0 Å². The summed E-state index contributed by atoms with van der Waals surface area (Å²) in [6.45, 7) is 5.69. The minimum absolute atomic E-state index is 0.00537. The molecule has 0 bridgehead atoms. The van der Waals surface area contributed by atoms with Crippen LogP contribution in [0.5, 0.6) is 5.75 Å². The molecule has 0 unspecified atom stereocenters. The van der Waals surface area contributed by atoms with Crippen molar-refractivity contribution in [3.05, 3.63) is 88.2 Å². The number of benzene rings is 3. The minimum atomic E-state index is -0.434. The third-order valence-electron chi connectivity index (χ3n) is 5.79. The lowest BCUT2D eigenvalue weighted by molar-refractivity contribution is -0.116. The van der Waals surface area contributed by atoms with Crippen LogP contribution in [0, 0.1) is 13.8 Å². The third-order valence-corrected chi connectivity index (χ3v) is 6.20. The maximum atomic E-state index is 13.1. The van der Waals surface area contributed by atoms with Crippen molar-refractivity contribution in [2.75, 3.05) is 12.4 Å². The first-order chi connectivity index (χ1) is 16.8. The molecule has 1 heterocycles. The fraction of sp³-hybridized carbons (Fsp3) is 0.222. The lowest BCUT2D eigenvalue weighted by Gasteiger charge is -2.17. The van der Waals surface area contributed by atoms with E-state index in [2.05, 4.69) is 10.6 Å². The SMILES string of the molecule is COc1cc(Cl)c(C)cc1NC(=O)Cn1c([C@H](C)NC(=O)c2ccc(C)cc2)nc2ccccc21. The molecule has 4 aromatic rings. The van der Waals surface area contributed by atoms with Crippen molar-refractivity contribution in [1.29, 1.82) is 0 Å². The number of anilines is 1. The molecule has 8 heteroatoms. The van der Waals surface area contributed by atoms with Gasteiger partial charge in [0, 0.05) is 16.7 Å². The molecular weight excluding hydrogens is 464 g/mol. The van der Waals surface area contributed by atoms with Gasteiger partial charge in [-0.2, -0.15) is 0 Å². The van der Waals surface area contributed by atoms with E-state index in [1.807, 2.05) is 61.7 Å². The van der Waals surface area contributed by atoms with Gasteiger partial charge in [-0.15, -0.1) is 0 Å². The summed E-state index contributed by atoms with van der Waals surface area (Å²) < 4.78 is 7.20. The summed E-state index contributed by atoms with van der Waals surface area (Å²) in [7, 11) is 1.52. The molecule has 1 atom stereocenters. The highest BCUT2D eigenvalue weighted by atomic mass is 35.5. The standard InChI is InChI=1S/C27H27ClN4O3/c1-16-9-11-19(12-10-16)27(34)29-18(3)26-31-21-7-5-6-8-23(21)32(26)15-25(33)30-22-13-17(2)20(28)14-24(22)35-4/h5-14,18H,15H2,1-4H3,(H,29,34)(H,30,33)/t18-/m0/s1. The number of imidazole rings is 1. The van der Waals surface area contributed by atoms with Crippen molar-refractivity contribution in [3.8, 4) is 5.75 Å². The average Bonchev–Trinajstić information content (AvgIpc) is 3.20. The molecule has 0 saturated heterocycles. The summed E-state index contributed by atoms with van der Waals surface area (Å²) >= 11 is 6.19. The van der Waals surface area contributed by atoms with Crippen molar-refractivity contribution in [2.45, 2.75) is 33.4 Å². The van der Waals surface area contributed by atoms with Gasteiger partial charge in [-0.3, -0.25) is 9.59 Å². The number of nitrogens with zero attached hydrogens (tertiary/aromatic N) is 2. The second-order valence-electron chi connectivity index (χ2n) is 8.46. The number of hydrogen-bond acceptors (Lipinski definition) is 4. The summed E-state index contributed by atoms with van der Waals surface area (Å²) in [6.07, 6.45) is 0. The number of aryl methyl sites for hydroxylation is 2. The van der Waals surface area contributed by atoms with Gasteiger partial charge in [0.15, 0.2) is 0 Å². The van der Waals surface area contributed by atoms with Crippen molar-refractivity contribution in [3.63, 3.8) is 0 Å². The number of para-hydroxylation sites is 2. The molecule has 2 N–H and O–H groups in total. The molecule has 1 aromatic heterocycles. The number of carbonyl (C=O) groups excluding carboxylic acids is 2. The van der Waals surface area contributed by atoms with E-state index >= 15 is 0 Å². The number of nitrogens with one attached hydrogen (secondary N) is 2. The lowest BCUT2D eigenvalue weighted by atomic mass is 10.1. The number of aromatic nitrogens is 2. The van der Waals surface area contributed by atoms with Crippen molar-refractivity contribution >= 4 is 40.1 Å². The van der Waals surface area contributed by atoms with Gasteiger partial charge in [0.2, 0.25) is 5.91 Å². The maximum absolute atomic E-state index is 13.1.